The molecule has 82 valence electrons. The van der Waals surface area contributed by atoms with Gasteiger partial charge < -0.3 is 17.7 Å². The Morgan fingerprint density at radius 2 is 1.67 bits per heavy atom. The molecule has 0 aromatic heterocycles. The zero-order valence-corrected chi connectivity index (χ0v) is 12.3. The van der Waals surface area contributed by atoms with Crippen LogP contribution in [0.4, 0.5) is 12.9 Å². The van der Waals surface area contributed by atoms with Gasteiger partial charge in [-0.05, 0) is 24.7 Å². The first-order chi connectivity index (χ1) is 6.52. The molecule has 15 heavy (non-hydrogen) atoms. The molecule has 0 N–H and O–H groups in total. The van der Waals surface area contributed by atoms with Crippen LogP contribution in [0.15, 0.2) is 0 Å². The maximum atomic E-state index is 12.4. The molecule has 0 radical (unpaired) electrons. The molecule has 0 aromatic carbocycles. The fraction of sp³-hybridized carbons (Fsp3) is 1.00. The van der Waals surface area contributed by atoms with Crippen LogP contribution in [0.5, 0.6) is 0 Å². The monoisotopic (exact) mass is 246 g/mol. The zero-order valence-electron chi connectivity index (χ0n) is 9.15. The third kappa shape index (κ3) is 3.45. The van der Waals surface area contributed by atoms with Crippen LogP contribution < -0.4 is 51.4 Å². The molecule has 1 heterocycles. The predicted octanol–water partition coefficient (Wildman–Crippen LogP) is 0.189. The maximum Gasteiger partial charge on any atom is 1.00 e. The van der Waals surface area contributed by atoms with Crippen molar-refractivity contribution in [1.82, 2.24) is 0 Å². The summed E-state index contributed by atoms with van der Waals surface area (Å²) < 4.78 is 42.6. The Kier molecular flexibility index (Phi) is 5.22. The molecule has 6 heteroatoms. The molecule has 0 aromatic rings. The van der Waals surface area contributed by atoms with Crippen molar-refractivity contribution in [3.63, 3.8) is 0 Å². The average molecular weight is 246 g/mol. The summed E-state index contributed by atoms with van der Waals surface area (Å²) in [6.07, 6.45) is 3.03. The molecule has 0 amide bonds. The van der Waals surface area contributed by atoms with E-state index in [-0.39, 0.29) is 56.8 Å². The Bertz CT molecular complexity index is 206. The maximum absolute atomic E-state index is 12.4. The first kappa shape index (κ1) is 14.5. The predicted molar refractivity (Wildman–Crippen MR) is 49.2 cm³/mol. The molecule has 1 spiro atoms. The van der Waals surface area contributed by atoms with Gasteiger partial charge in [-0.25, -0.2) is 0 Å². The van der Waals surface area contributed by atoms with Crippen LogP contribution in [0.2, 0.25) is 5.82 Å². The summed E-state index contributed by atoms with van der Waals surface area (Å²) in [7, 11) is 0. The number of rotatable bonds is 1. The van der Waals surface area contributed by atoms with Crippen molar-refractivity contribution >= 4 is 6.98 Å². The van der Waals surface area contributed by atoms with E-state index in [1.165, 1.54) is 0 Å². The SMILES string of the molecule is F[B-](F)(F)C1CCC2(CCOC2)CC1.[K+]. The number of ether oxygens (including phenoxy) is 1. The molecule has 1 saturated carbocycles. The largest absolute Gasteiger partial charge is 1.00 e. The van der Waals surface area contributed by atoms with Gasteiger partial charge in [-0.3, -0.25) is 0 Å². The van der Waals surface area contributed by atoms with Crippen LogP contribution in [0.1, 0.15) is 32.1 Å². The van der Waals surface area contributed by atoms with Crippen LogP contribution in [-0.2, 0) is 4.74 Å². The van der Waals surface area contributed by atoms with Crippen molar-refractivity contribution in [1.29, 1.82) is 0 Å². The summed E-state index contributed by atoms with van der Waals surface area (Å²) in [6.45, 7) is -3.18. The van der Waals surface area contributed by atoms with E-state index in [2.05, 4.69) is 0 Å². The first-order valence-corrected chi connectivity index (χ1v) is 5.30. The standard InChI is InChI=1S/C9H15BF3O.K/c11-10(12,13)8-1-3-9(4-2-8)5-6-14-7-9;/h8H,1-7H2;/q-1;+1. The second-order valence-corrected chi connectivity index (χ2v) is 4.77. The third-order valence-corrected chi connectivity index (χ3v) is 3.81. The number of hydrogen-bond acceptors (Lipinski definition) is 1. The quantitative estimate of drug-likeness (QED) is 0.600. The van der Waals surface area contributed by atoms with Crippen LogP contribution in [0.3, 0.4) is 0 Å². The Hall–Kier alpha value is 1.45. The molecule has 2 fully saturated rings. The Morgan fingerprint density at radius 3 is 2.07 bits per heavy atom. The van der Waals surface area contributed by atoms with E-state index in [0.717, 1.165) is 13.0 Å². The van der Waals surface area contributed by atoms with Crippen molar-refractivity contribution in [3.05, 3.63) is 0 Å². The van der Waals surface area contributed by atoms with Crippen molar-refractivity contribution in [3.8, 4) is 0 Å². The van der Waals surface area contributed by atoms with Gasteiger partial charge in [-0.1, -0.05) is 18.7 Å². The minimum absolute atomic E-state index is 0. The van der Waals surface area contributed by atoms with Gasteiger partial charge >= 0.3 is 58.4 Å². The van der Waals surface area contributed by atoms with Crippen LogP contribution >= 0.6 is 0 Å². The molecular weight excluding hydrogens is 231 g/mol. The molecular formula is C9H15BF3KO. The fourth-order valence-electron chi connectivity index (χ4n) is 2.67. The van der Waals surface area contributed by atoms with E-state index in [0.29, 0.717) is 32.3 Å². The average Bonchev–Trinajstić information content (AvgIpc) is 2.53. The van der Waals surface area contributed by atoms with E-state index in [9.17, 15) is 12.9 Å². The van der Waals surface area contributed by atoms with Crippen LogP contribution in [0.25, 0.3) is 0 Å². The Morgan fingerprint density at radius 1 is 1.07 bits per heavy atom. The van der Waals surface area contributed by atoms with Crippen LogP contribution in [0, 0.1) is 5.41 Å². The van der Waals surface area contributed by atoms with Gasteiger partial charge in [0, 0.05) is 6.61 Å². The summed E-state index contributed by atoms with van der Waals surface area (Å²) in [5, 5.41) is 0. The normalized spacial score (nSPS) is 36.6. The zero-order chi connectivity index (χ0) is 10.2. The summed E-state index contributed by atoms with van der Waals surface area (Å²) in [4.78, 5) is 0. The second kappa shape index (κ2) is 5.40. The van der Waals surface area contributed by atoms with Gasteiger partial charge in [-0.15, -0.1) is 0 Å². The Labute approximate surface area is 131 Å². The molecule has 2 aliphatic rings. The molecule has 1 nitrogen and oxygen atoms in total. The summed E-state index contributed by atoms with van der Waals surface area (Å²) >= 11 is 0. The van der Waals surface area contributed by atoms with Gasteiger partial charge in [0.2, 0.25) is 0 Å². The molecule has 0 unspecified atom stereocenters. The van der Waals surface area contributed by atoms with E-state index < -0.39 is 12.8 Å². The third-order valence-electron chi connectivity index (χ3n) is 3.81. The Balaban J connectivity index is 0.00000112. The second-order valence-electron chi connectivity index (χ2n) is 4.77. The van der Waals surface area contributed by atoms with E-state index in [4.69, 9.17) is 4.74 Å². The number of halogens is 3. The molecule has 1 saturated heterocycles. The number of hydrogen-bond donors (Lipinski definition) is 0. The van der Waals surface area contributed by atoms with Crippen molar-refractivity contribution in [2.45, 2.75) is 37.9 Å². The summed E-state index contributed by atoms with van der Waals surface area (Å²) in [5.41, 5.74) is 0.109. The topological polar surface area (TPSA) is 9.23 Å². The minimum atomic E-state index is -4.61. The van der Waals surface area contributed by atoms with Crippen molar-refractivity contribution < 1.29 is 69.1 Å². The first-order valence-electron chi connectivity index (χ1n) is 5.30. The molecule has 1 aliphatic carbocycles. The molecule has 0 bridgehead atoms. The summed E-state index contributed by atoms with van der Waals surface area (Å²) in [5.74, 6) is -0.999. The van der Waals surface area contributed by atoms with Gasteiger partial charge in [0.15, 0.2) is 0 Å². The molecule has 0 atom stereocenters. The van der Waals surface area contributed by atoms with Crippen molar-refractivity contribution in [2.24, 2.45) is 5.41 Å². The smallest absolute Gasteiger partial charge is 0.449 e. The summed E-state index contributed by atoms with van der Waals surface area (Å²) in [6, 6.07) is 0. The van der Waals surface area contributed by atoms with Gasteiger partial charge in [0.25, 0.3) is 0 Å². The van der Waals surface area contributed by atoms with E-state index >= 15 is 0 Å². The van der Waals surface area contributed by atoms with Crippen LogP contribution in [-0.4, -0.2) is 20.2 Å². The van der Waals surface area contributed by atoms with Gasteiger partial charge in [0.05, 0.1) is 6.61 Å². The van der Waals surface area contributed by atoms with E-state index in [1.807, 2.05) is 0 Å². The minimum Gasteiger partial charge on any atom is -0.449 e. The van der Waals surface area contributed by atoms with Gasteiger partial charge in [-0.2, -0.15) is 0 Å². The van der Waals surface area contributed by atoms with Crippen molar-refractivity contribution in [2.75, 3.05) is 13.2 Å². The molecule has 1 aliphatic heterocycles. The van der Waals surface area contributed by atoms with Gasteiger partial charge in [0.1, 0.15) is 0 Å². The fourth-order valence-corrected chi connectivity index (χ4v) is 2.67. The van der Waals surface area contributed by atoms with E-state index in [1.54, 1.807) is 0 Å². The molecule has 2 rings (SSSR count).